The van der Waals surface area contributed by atoms with Crippen LogP contribution in [0.25, 0.3) is 11.3 Å². The van der Waals surface area contributed by atoms with Crippen molar-refractivity contribution in [3.05, 3.63) is 46.5 Å². The first-order chi connectivity index (χ1) is 12.7. The van der Waals surface area contributed by atoms with E-state index in [2.05, 4.69) is 25.1 Å². The molecule has 1 atom stereocenters. The molecule has 5 nitrogen and oxygen atoms in total. The molecule has 0 radical (unpaired) electrons. The Morgan fingerprint density at radius 2 is 1.81 bits per heavy atom. The summed E-state index contributed by atoms with van der Waals surface area (Å²) in [5, 5.41) is 0. The van der Waals surface area contributed by atoms with Crippen LogP contribution < -0.4 is 23.8 Å². The van der Waals surface area contributed by atoms with Crippen LogP contribution in [0.15, 0.2) is 24.3 Å². The highest BCUT2D eigenvalue weighted by Gasteiger charge is 2.36. The van der Waals surface area contributed by atoms with E-state index in [1.807, 2.05) is 6.07 Å². The Kier molecular flexibility index (Phi) is 3.40. The molecule has 0 amide bonds. The van der Waals surface area contributed by atoms with Crippen LogP contribution in [0.4, 0.5) is 0 Å². The second-order valence-corrected chi connectivity index (χ2v) is 6.97. The normalized spacial score (nSPS) is 19.6. The van der Waals surface area contributed by atoms with E-state index in [0.717, 1.165) is 42.5 Å². The molecule has 3 aliphatic heterocycles. The third-order valence-corrected chi connectivity index (χ3v) is 5.74. The maximum Gasteiger partial charge on any atom is 0.231 e. The average Bonchev–Trinajstić information content (AvgIpc) is 3.12. The van der Waals surface area contributed by atoms with Gasteiger partial charge < -0.3 is 18.9 Å². The molecule has 5 rings (SSSR count). The molecule has 0 saturated carbocycles. The van der Waals surface area contributed by atoms with E-state index in [0.29, 0.717) is 6.79 Å². The van der Waals surface area contributed by atoms with Crippen LogP contribution in [-0.4, -0.2) is 27.6 Å². The summed E-state index contributed by atoms with van der Waals surface area (Å²) in [5.74, 6) is 3.37. The Morgan fingerprint density at radius 1 is 1.00 bits per heavy atom. The van der Waals surface area contributed by atoms with Crippen molar-refractivity contribution in [1.82, 2.24) is 0 Å². The van der Waals surface area contributed by atoms with Gasteiger partial charge in [0.05, 0.1) is 26.3 Å². The summed E-state index contributed by atoms with van der Waals surface area (Å²) in [5.41, 5.74) is 7.76. The third kappa shape index (κ3) is 2.07. The highest BCUT2D eigenvalue weighted by Crippen LogP contribution is 2.42. The number of quaternary nitrogens is 1. The molecule has 26 heavy (non-hydrogen) atoms. The van der Waals surface area contributed by atoms with Gasteiger partial charge >= 0.3 is 0 Å². The van der Waals surface area contributed by atoms with E-state index in [4.69, 9.17) is 18.9 Å². The van der Waals surface area contributed by atoms with E-state index in [1.54, 1.807) is 14.2 Å². The Hall–Kier alpha value is -2.66. The molecular weight excluding hydrogens is 330 g/mol. The van der Waals surface area contributed by atoms with Crippen molar-refractivity contribution in [2.45, 2.75) is 19.9 Å². The van der Waals surface area contributed by atoms with Crippen molar-refractivity contribution in [1.29, 1.82) is 0 Å². The molecule has 0 aliphatic carbocycles. The predicted octanol–water partition coefficient (Wildman–Crippen LogP) is 2.28. The van der Waals surface area contributed by atoms with Crippen LogP contribution in [0.1, 0.15) is 29.2 Å². The molecule has 1 unspecified atom stereocenters. The number of benzene rings is 2. The van der Waals surface area contributed by atoms with Gasteiger partial charge in [0.1, 0.15) is 12.2 Å². The first-order valence-electron chi connectivity index (χ1n) is 8.94. The standard InChI is InChI=1S/C21H21NO4/c1-12-14-4-5-17(23-2)21(24-3)16(14)10-22-7-6-13-8-18-19(26-11-25-18)9-15(13)20(12)22/h4-5,8-9H,6-7,10-11H2,1-3H3/p+1. The summed E-state index contributed by atoms with van der Waals surface area (Å²) in [7, 11) is 3.40. The fourth-order valence-corrected chi connectivity index (χ4v) is 4.53. The quantitative estimate of drug-likeness (QED) is 0.900. The number of fused-ring (bicyclic) bond motifs is 5. The SMILES string of the molecule is COc1ccc2c(c1OC)C[NH+]1CCc3cc4c(cc3C1=C2C)OCO4. The smallest absolute Gasteiger partial charge is 0.231 e. The van der Waals surface area contributed by atoms with Crippen LogP contribution in [0, 0.1) is 0 Å². The molecule has 0 fully saturated rings. The number of nitrogens with one attached hydrogen (secondary N) is 1. The summed E-state index contributed by atoms with van der Waals surface area (Å²) < 4.78 is 22.4. The molecule has 2 aromatic carbocycles. The topological polar surface area (TPSA) is 41.4 Å². The number of hydrogen-bond donors (Lipinski definition) is 1. The minimum Gasteiger partial charge on any atom is -0.493 e. The van der Waals surface area contributed by atoms with Gasteiger partial charge in [-0.3, -0.25) is 4.90 Å². The van der Waals surface area contributed by atoms with Gasteiger partial charge in [-0.1, -0.05) is 6.07 Å². The average molecular weight is 352 g/mol. The molecule has 134 valence electrons. The van der Waals surface area contributed by atoms with Gasteiger partial charge in [0, 0.05) is 17.6 Å². The van der Waals surface area contributed by atoms with Gasteiger partial charge in [-0.25, -0.2) is 0 Å². The van der Waals surface area contributed by atoms with Crippen LogP contribution in [0.3, 0.4) is 0 Å². The fourth-order valence-electron chi connectivity index (χ4n) is 4.53. The van der Waals surface area contributed by atoms with Gasteiger partial charge in [-0.05, 0) is 36.2 Å². The van der Waals surface area contributed by atoms with Crippen molar-refractivity contribution in [2.75, 3.05) is 27.6 Å². The van der Waals surface area contributed by atoms with Crippen molar-refractivity contribution in [2.24, 2.45) is 0 Å². The molecule has 3 heterocycles. The number of allylic oxidation sites excluding steroid dienone is 1. The maximum absolute atomic E-state index is 5.70. The summed E-state index contributed by atoms with van der Waals surface area (Å²) >= 11 is 0. The minimum atomic E-state index is 0.312. The van der Waals surface area contributed by atoms with E-state index < -0.39 is 0 Å². The van der Waals surface area contributed by atoms with Gasteiger partial charge in [-0.15, -0.1) is 0 Å². The summed E-state index contributed by atoms with van der Waals surface area (Å²) in [6.45, 7) is 4.47. The van der Waals surface area contributed by atoms with Crippen LogP contribution in [-0.2, 0) is 13.0 Å². The Bertz CT molecular complexity index is 948. The summed E-state index contributed by atoms with van der Waals surface area (Å²) in [6, 6.07) is 8.45. The first kappa shape index (κ1) is 15.6. The number of rotatable bonds is 2. The van der Waals surface area contributed by atoms with Gasteiger partial charge in [-0.2, -0.15) is 0 Å². The zero-order valence-corrected chi connectivity index (χ0v) is 15.3. The lowest BCUT2D eigenvalue weighted by molar-refractivity contribution is -0.842. The second-order valence-electron chi connectivity index (χ2n) is 6.97. The van der Waals surface area contributed by atoms with Crippen LogP contribution in [0.5, 0.6) is 23.0 Å². The van der Waals surface area contributed by atoms with Crippen molar-refractivity contribution in [3.8, 4) is 23.0 Å². The lowest BCUT2D eigenvalue weighted by Crippen LogP contribution is -3.09. The summed E-state index contributed by atoms with van der Waals surface area (Å²) in [6.07, 6.45) is 1.03. The van der Waals surface area contributed by atoms with Crippen molar-refractivity contribution < 1.29 is 23.8 Å². The lowest BCUT2D eigenvalue weighted by atomic mass is 9.86. The van der Waals surface area contributed by atoms with E-state index >= 15 is 0 Å². The third-order valence-electron chi connectivity index (χ3n) is 5.74. The van der Waals surface area contributed by atoms with E-state index in [9.17, 15) is 0 Å². The molecule has 2 aromatic rings. The fraction of sp³-hybridized carbons (Fsp3) is 0.333. The minimum absolute atomic E-state index is 0.312. The molecule has 0 bridgehead atoms. The number of hydrogen-bond acceptors (Lipinski definition) is 4. The lowest BCUT2D eigenvalue weighted by Gasteiger charge is -2.34. The molecule has 1 N–H and O–H groups in total. The van der Waals surface area contributed by atoms with E-state index in [-0.39, 0.29) is 0 Å². The Labute approximate surface area is 152 Å². The molecule has 0 aromatic heterocycles. The zero-order chi connectivity index (χ0) is 17.8. The van der Waals surface area contributed by atoms with Crippen molar-refractivity contribution in [3.63, 3.8) is 0 Å². The maximum atomic E-state index is 5.70. The predicted molar refractivity (Wildman–Crippen MR) is 97.8 cm³/mol. The highest BCUT2D eigenvalue weighted by atomic mass is 16.7. The first-order valence-corrected chi connectivity index (χ1v) is 8.94. The molecule has 3 aliphatic rings. The second kappa shape index (κ2) is 5.68. The van der Waals surface area contributed by atoms with Gasteiger partial charge in [0.2, 0.25) is 6.79 Å². The van der Waals surface area contributed by atoms with E-state index in [1.165, 1.54) is 38.4 Å². The monoisotopic (exact) mass is 352 g/mol. The van der Waals surface area contributed by atoms with Crippen molar-refractivity contribution >= 4 is 11.3 Å². The van der Waals surface area contributed by atoms with Crippen LogP contribution >= 0.6 is 0 Å². The molecular formula is C21H22NO4+. The molecule has 0 spiro atoms. The van der Waals surface area contributed by atoms with Crippen LogP contribution in [0.2, 0.25) is 0 Å². The molecule has 5 heteroatoms. The van der Waals surface area contributed by atoms with Gasteiger partial charge in [0.25, 0.3) is 0 Å². The summed E-state index contributed by atoms with van der Waals surface area (Å²) in [4.78, 5) is 1.47. The zero-order valence-electron chi connectivity index (χ0n) is 15.3. The molecule has 0 saturated heterocycles. The Balaban J connectivity index is 1.72. The number of ether oxygens (including phenoxy) is 4. The largest absolute Gasteiger partial charge is 0.493 e. The Morgan fingerprint density at radius 3 is 2.58 bits per heavy atom. The highest BCUT2D eigenvalue weighted by molar-refractivity contribution is 5.90. The number of methoxy groups -OCH3 is 2. The van der Waals surface area contributed by atoms with Gasteiger partial charge in [0.15, 0.2) is 23.0 Å².